The van der Waals surface area contributed by atoms with E-state index in [1.807, 2.05) is 11.8 Å². The number of fused-ring (bicyclic) bond motifs is 1. The molecule has 1 fully saturated rings. The first-order valence-corrected chi connectivity index (χ1v) is 9.65. The lowest BCUT2D eigenvalue weighted by Crippen LogP contribution is -2.49. The predicted octanol–water partition coefficient (Wildman–Crippen LogP) is 0.877. The van der Waals surface area contributed by atoms with E-state index >= 15 is 0 Å². The maximum Gasteiger partial charge on any atom is 0.276 e. The van der Waals surface area contributed by atoms with Crippen molar-refractivity contribution in [1.82, 2.24) is 24.7 Å². The van der Waals surface area contributed by atoms with Crippen molar-refractivity contribution >= 4 is 5.91 Å². The third kappa shape index (κ3) is 3.80. The topological polar surface area (TPSA) is 84.5 Å². The highest BCUT2D eigenvalue weighted by molar-refractivity contribution is 5.94. The lowest BCUT2D eigenvalue weighted by Gasteiger charge is -2.34. The van der Waals surface area contributed by atoms with Gasteiger partial charge in [0.05, 0.1) is 12.2 Å². The Kier molecular flexibility index (Phi) is 5.07. The third-order valence-electron chi connectivity index (χ3n) is 5.44. The predicted molar refractivity (Wildman–Crippen MR) is 98.7 cm³/mol. The molecular formula is C19H25N5O3. The van der Waals surface area contributed by atoms with Gasteiger partial charge < -0.3 is 9.42 Å². The Labute approximate surface area is 157 Å². The molecule has 0 spiro atoms. The molecule has 0 aromatic carbocycles. The third-order valence-corrected chi connectivity index (χ3v) is 5.44. The number of hydrogen-bond acceptors (Lipinski definition) is 6. The second kappa shape index (κ2) is 7.64. The highest BCUT2D eigenvalue weighted by Crippen LogP contribution is 2.25. The van der Waals surface area contributed by atoms with Crippen molar-refractivity contribution in [3.8, 4) is 0 Å². The van der Waals surface area contributed by atoms with Gasteiger partial charge in [-0.05, 0) is 32.3 Å². The SMILES string of the molecule is Cc1ccc(=O)n(CCN2CCN(C(=O)c3noc4c3CCCC4)CC2)n1. The Morgan fingerprint density at radius 3 is 2.70 bits per heavy atom. The molecular weight excluding hydrogens is 346 g/mol. The molecule has 0 bridgehead atoms. The van der Waals surface area contributed by atoms with Crippen LogP contribution in [0.4, 0.5) is 0 Å². The largest absolute Gasteiger partial charge is 0.360 e. The smallest absolute Gasteiger partial charge is 0.276 e. The minimum atomic E-state index is -0.0785. The molecule has 3 heterocycles. The Morgan fingerprint density at radius 2 is 1.89 bits per heavy atom. The zero-order chi connectivity index (χ0) is 18.8. The van der Waals surface area contributed by atoms with Crippen molar-refractivity contribution in [3.05, 3.63) is 45.2 Å². The van der Waals surface area contributed by atoms with Gasteiger partial charge in [0, 0.05) is 50.8 Å². The van der Waals surface area contributed by atoms with Gasteiger partial charge in [0.15, 0.2) is 5.69 Å². The molecule has 2 aromatic rings. The van der Waals surface area contributed by atoms with Crippen molar-refractivity contribution in [3.63, 3.8) is 0 Å². The number of aryl methyl sites for hydroxylation is 2. The van der Waals surface area contributed by atoms with Crippen molar-refractivity contribution in [2.24, 2.45) is 0 Å². The molecule has 0 atom stereocenters. The van der Waals surface area contributed by atoms with Crippen LogP contribution in [0, 0.1) is 6.92 Å². The van der Waals surface area contributed by atoms with E-state index < -0.39 is 0 Å². The van der Waals surface area contributed by atoms with Crippen LogP contribution < -0.4 is 5.56 Å². The summed E-state index contributed by atoms with van der Waals surface area (Å²) in [5.41, 5.74) is 2.28. The van der Waals surface area contributed by atoms with E-state index in [1.54, 1.807) is 12.1 Å². The molecule has 8 nitrogen and oxygen atoms in total. The van der Waals surface area contributed by atoms with Crippen molar-refractivity contribution in [1.29, 1.82) is 0 Å². The van der Waals surface area contributed by atoms with Gasteiger partial charge in [-0.3, -0.25) is 14.5 Å². The van der Waals surface area contributed by atoms with Crippen LogP contribution in [0.1, 0.15) is 40.3 Å². The van der Waals surface area contributed by atoms with E-state index in [-0.39, 0.29) is 11.5 Å². The van der Waals surface area contributed by atoms with Gasteiger partial charge in [0.25, 0.3) is 11.5 Å². The van der Waals surface area contributed by atoms with E-state index in [1.165, 1.54) is 4.68 Å². The summed E-state index contributed by atoms with van der Waals surface area (Å²) in [5.74, 6) is 0.873. The van der Waals surface area contributed by atoms with Crippen LogP contribution in [0.2, 0.25) is 0 Å². The average Bonchev–Trinajstić information content (AvgIpc) is 3.13. The first-order chi connectivity index (χ1) is 13.1. The summed E-state index contributed by atoms with van der Waals surface area (Å²) in [5, 5.41) is 8.33. The second-order valence-electron chi connectivity index (χ2n) is 7.31. The number of piperazine rings is 1. The number of amides is 1. The average molecular weight is 371 g/mol. The van der Waals surface area contributed by atoms with Crippen LogP contribution in [0.25, 0.3) is 0 Å². The monoisotopic (exact) mass is 371 g/mol. The summed E-state index contributed by atoms with van der Waals surface area (Å²) in [4.78, 5) is 28.8. The highest BCUT2D eigenvalue weighted by atomic mass is 16.5. The molecule has 1 amide bonds. The molecule has 0 radical (unpaired) electrons. The summed E-state index contributed by atoms with van der Waals surface area (Å²) >= 11 is 0. The fourth-order valence-electron chi connectivity index (χ4n) is 3.82. The van der Waals surface area contributed by atoms with Crippen molar-refractivity contribution in [2.75, 3.05) is 32.7 Å². The van der Waals surface area contributed by atoms with E-state index in [9.17, 15) is 9.59 Å². The molecule has 0 N–H and O–H groups in total. The summed E-state index contributed by atoms with van der Waals surface area (Å²) in [6.07, 6.45) is 3.97. The van der Waals surface area contributed by atoms with E-state index in [4.69, 9.17) is 4.52 Å². The molecule has 1 saturated heterocycles. The molecule has 8 heteroatoms. The van der Waals surface area contributed by atoms with Crippen molar-refractivity contribution in [2.45, 2.75) is 39.2 Å². The molecule has 2 aromatic heterocycles. The molecule has 0 saturated carbocycles. The van der Waals surface area contributed by atoms with Crippen LogP contribution >= 0.6 is 0 Å². The Balaban J connectivity index is 1.32. The number of rotatable bonds is 4. The van der Waals surface area contributed by atoms with Gasteiger partial charge in [0.1, 0.15) is 5.76 Å². The van der Waals surface area contributed by atoms with Crippen LogP contribution in [0.3, 0.4) is 0 Å². The summed E-state index contributed by atoms with van der Waals surface area (Å²) in [7, 11) is 0. The van der Waals surface area contributed by atoms with E-state index in [0.29, 0.717) is 25.3 Å². The van der Waals surface area contributed by atoms with E-state index in [0.717, 1.165) is 62.3 Å². The fraction of sp³-hybridized carbons (Fsp3) is 0.579. The lowest BCUT2D eigenvalue weighted by atomic mass is 9.96. The molecule has 1 aliphatic heterocycles. The normalized spacial score (nSPS) is 17.7. The first-order valence-electron chi connectivity index (χ1n) is 9.65. The second-order valence-corrected chi connectivity index (χ2v) is 7.31. The number of nitrogens with zero attached hydrogens (tertiary/aromatic N) is 5. The molecule has 144 valence electrons. The fourth-order valence-corrected chi connectivity index (χ4v) is 3.82. The Bertz CT molecular complexity index is 880. The van der Waals surface area contributed by atoms with Gasteiger partial charge >= 0.3 is 0 Å². The highest BCUT2D eigenvalue weighted by Gasteiger charge is 2.29. The van der Waals surface area contributed by atoms with Crippen LogP contribution in [-0.4, -0.2) is 63.4 Å². The number of aromatic nitrogens is 3. The maximum absolute atomic E-state index is 12.8. The van der Waals surface area contributed by atoms with Crippen LogP contribution in [0.5, 0.6) is 0 Å². The standard InChI is InChI=1S/C19H25N5O3/c1-14-6-7-17(25)24(20-14)13-10-22-8-11-23(12-9-22)19(26)18-15-4-2-3-5-16(15)27-21-18/h6-7H,2-5,8-13H2,1H3. The minimum absolute atomic E-state index is 0.0156. The number of carbonyl (C=O) groups excluding carboxylic acids is 1. The molecule has 0 unspecified atom stereocenters. The van der Waals surface area contributed by atoms with Gasteiger partial charge in [-0.1, -0.05) is 5.16 Å². The van der Waals surface area contributed by atoms with Crippen LogP contribution in [-0.2, 0) is 19.4 Å². The summed E-state index contributed by atoms with van der Waals surface area (Å²) in [6.45, 7) is 6.08. The van der Waals surface area contributed by atoms with Gasteiger partial charge in [-0.15, -0.1) is 0 Å². The lowest BCUT2D eigenvalue weighted by molar-refractivity contribution is 0.0620. The zero-order valence-corrected chi connectivity index (χ0v) is 15.7. The van der Waals surface area contributed by atoms with Crippen LogP contribution in [0.15, 0.2) is 21.5 Å². The Morgan fingerprint density at radius 1 is 1.11 bits per heavy atom. The van der Waals surface area contributed by atoms with Crippen molar-refractivity contribution < 1.29 is 9.32 Å². The molecule has 4 rings (SSSR count). The minimum Gasteiger partial charge on any atom is -0.360 e. The Hall–Kier alpha value is -2.48. The van der Waals surface area contributed by atoms with Gasteiger partial charge in [-0.25, -0.2) is 4.68 Å². The maximum atomic E-state index is 12.8. The van der Waals surface area contributed by atoms with E-state index in [2.05, 4.69) is 15.2 Å². The van der Waals surface area contributed by atoms with Gasteiger partial charge in [0.2, 0.25) is 0 Å². The number of hydrogen-bond donors (Lipinski definition) is 0. The quantitative estimate of drug-likeness (QED) is 0.793. The molecule has 2 aliphatic rings. The first kappa shape index (κ1) is 17.9. The molecule has 27 heavy (non-hydrogen) atoms. The molecule has 1 aliphatic carbocycles. The van der Waals surface area contributed by atoms with Gasteiger partial charge in [-0.2, -0.15) is 5.10 Å². The summed E-state index contributed by atoms with van der Waals surface area (Å²) in [6, 6.07) is 3.28. The number of carbonyl (C=O) groups is 1. The zero-order valence-electron chi connectivity index (χ0n) is 15.7. The summed E-state index contributed by atoms with van der Waals surface area (Å²) < 4.78 is 6.89.